The van der Waals surface area contributed by atoms with Gasteiger partial charge in [0.15, 0.2) is 0 Å². The van der Waals surface area contributed by atoms with E-state index in [1.54, 1.807) is 6.92 Å². The van der Waals surface area contributed by atoms with Crippen molar-refractivity contribution in [2.24, 2.45) is 46.3 Å². The van der Waals surface area contributed by atoms with Crippen molar-refractivity contribution in [3.8, 4) is 0 Å². The zero-order valence-corrected chi connectivity index (χ0v) is 23.4. The fourth-order valence-corrected chi connectivity index (χ4v) is 9.25. The highest BCUT2D eigenvalue weighted by Gasteiger charge is 2.62. The lowest BCUT2D eigenvalue weighted by atomic mass is 9.46. The van der Waals surface area contributed by atoms with Gasteiger partial charge in [-0.15, -0.1) is 0 Å². The fourth-order valence-electron chi connectivity index (χ4n) is 9.25. The number of carbonyl (C=O) groups excluding carboxylic acids is 2. The molecule has 35 heavy (non-hydrogen) atoms. The van der Waals surface area contributed by atoms with Gasteiger partial charge in [0.25, 0.3) is 0 Å². The molecule has 4 aliphatic carbocycles. The maximum absolute atomic E-state index is 12.2. The molecule has 0 radical (unpaired) electrons. The van der Waals surface area contributed by atoms with E-state index >= 15 is 0 Å². The number of hydrogen-bond acceptors (Lipinski definition) is 4. The lowest BCUT2D eigenvalue weighted by Gasteiger charge is -2.59. The van der Waals surface area contributed by atoms with Crippen molar-refractivity contribution in [2.75, 3.05) is 0 Å². The minimum Gasteiger partial charge on any atom is -0.462 e. The monoisotopic (exact) mass is 486 g/mol. The molecular formula is C31H50O4. The second-order valence-corrected chi connectivity index (χ2v) is 13.5. The maximum atomic E-state index is 12.2. The summed E-state index contributed by atoms with van der Waals surface area (Å²) in [5, 5.41) is 0. The van der Waals surface area contributed by atoms with E-state index in [4.69, 9.17) is 9.47 Å². The predicted molar refractivity (Wildman–Crippen MR) is 140 cm³/mol. The van der Waals surface area contributed by atoms with E-state index in [-0.39, 0.29) is 29.6 Å². The van der Waals surface area contributed by atoms with Crippen LogP contribution in [0.5, 0.6) is 0 Å². The third kappa shape index (κ3) is 5.10. The summed E-state index contributed by atoms with van der Waals surface area (Å²) in [6, 6.07) is 0. The van der Waals surface area contributed by atoms with Crippen LogP contribution >= 0.6 is 0 Å². The Bertz CT molecular complexity index is 830. The van der Waals surface area contributed by atoms with Crippen molar-refractivity contribution in [3.05, 3.63) is 11.6 Å². The quantitative estimate of drug-likeness (QED) is 0.276. The maximum Gasteiger partial charge on any atom is 0.303 e. The molecule has 0 heterocycles. The summed E-state index contributed by atoms with van der Waals surface area (Å²) in [7, 11) is 0. The molecule has 0 N–H and O–H groups in total. The number of carbonyl (C=O) groups is 2. The minimum absolute atomic E-state index is 0.0437. The zero-order valence-electron chi connectivity index (χ0n) is 23.4. The van der Waals surface area contributed by atoms with Gasteiger partial charge in [0.2, 0.25) is 0 Å². The standard InChI is InChI=1S/C31H50O4/c1-19(2)9-8-10-20(3)25-11-12-26-29-27(14-16-31(25,26)7)30(6)15-13-24(34-21(4)32)17-23(30)18-28(29)35-22(5)33/h18-20,24-29H,8-17H2,1-7H3/t20-,24-,25-,26+,27+,28+,29+,30+,31-/m1/s1. The second kappa shape index (κ2) is 10.2. The van der Waals surface area contributed by atoms with Gasteiger partial charge >= 0.3 is 11.9 Å². The van der Waals surface area contributed by atoms with Crippen LogP contribution < -0.4 is 0 Å². The van der Waals surface area contributed by atoms with Crippen molar-refractivity contribution in [2.45, 2.75) is 125 Å². The molecule has 0 saturated heterocycles. The van der Waals surface area contributed by atoms with E-state index < -0.39 is 0 Å². The number of rotatable bonds is 7. The van der Waals surface area contributed by atoms with Crippen LogP contribution in [0.4, 0.5) is 0 Å². The largest absolute Gasteiger partial charge is 0.462 e. The third-order valence-electron chi connectivity index (χ3n) is 10.9. The third-order valence-corrected chi connectivity index (χ3v) is 10.9. The van der Waals surface area contributed by atoms with Crippen LogP contribution in [0.25, 0.3) is 0 Å². The van der Waals surface area contributed by atoms with Crippen molar-refractivity contribution in [1.29, 1.82) is 0 Å². The molecule has 0 aromatic heterocycles. The Labute approximate surface area is 214 Å². The first-order valence-corrected chi connectivity index (χ1v) is 14.5. The average molecular weight is 487 g/mol. The molecule has 3 saturated carbocycles. The van der Waals surface area contributed by atoms with Gasteiger partial charge in [-0.1, -0.05) is 59.5 Å². The molecular weight excluding hydrogens is 436 g/mol. The number of hydrogen-bond donors (Lipinski definition) is 0. The van der Waals surface area contributed by atoms with Gasteiger partial charge in [-0.2, -0.15) is 0 Å². The van der Waals surface area contributed by atoms with Crippen LogP contribution in [0.3, 0.4) is 0 Å². The first kappa shape index (κ1) is 26.7. The lowest BCUT2D eigenvalue weighted by Crippen LogP contribution is -2.55. The summed E-state index contributed by atoms with van der Waals surface area (Å²) in [5.74, 6) is 3.51. The number of fused-ring (bicyclic) bond motifs is 5. The Kier molecular flexibility index (Phi) is 7.80. The van der Waals surface area contributed by atoms with Crippen LogP contribution in [0, 0.1) is 46.3 Å². The topological polar surface area (TPSA) is 52.6 Å². The normalized spacial score (nSPS) is 41.3. The number of esters is 2. The number of ether oxygens (including phenoxy) is 2. The molecule has 4 rings (SSSR count). The Morgan fingerprint density at radius 1 is 0.943 bits per heavy atom. The van der Waals surface area contributed by atoms with Crippen LogP contribution in [-0.4, -0.2) is 24.1 Å². The summed E-state index contributed by atoms with van der Waals surface area (Å²) in [6.45, 7) is 15.3. The Morgan fingerprint density at radius 2 is 1.66 bits per heavy atom. The van der Waals surface area contributed by atoms with E-state index in [2.05, 4.69) is 40.7 Å². The molecule has 0 spiro atoms. The molecule has 9 atom stereocenters. The van der Waals surface area contributed by atoms with Gasteiger partial charge in [0.1, 0.15) is 12.2 Å². The van der Waals surface area contributed by atoms with Crippen molar-refractivity contribution >= 4 is 11.9 Å². The van der Waals surface area contributed by atoms with Gasteiger partial charge in [0.05, 0.1) is 0 Å². The van der Waals surface area contributed by atoms with E-state index in [0.717, 1.165) is 37.0 Å². The first-order valence-electron chi connectivity index (χ1n) is 14.5. The van der Waals surface area contributed by atoms with Gasteiger partial charge in [-0.3, -0.25) is 9.59 Å². The Balaban J connectivity index is 1.60. The molecule has 0 amide bonds. The summed E-state index contributed by atoms with van der Waals surface area (Å²) in [6.07, 6.45) is 14.0. The highest BCUT2D eigenvalue weighted by molar-refractivity contribution is 5.67. The van der Waals surface area contributed by atoms with Crippen molar-refractivity contribution < 1.29 is 19.1 Å². The van der Waals surface area contributed by atoms with Crippen LogP contribution in [0.15, 0.2) is 11.6 Å². The highest BCUT2D eigenvalue weighted by Crippen LogP contribution is 2.67. The molecule has 0 aliphatic heterocycles. The van der Waals surface area contributed by atoms with Gasteiger partial charge in [-0.25, -0.2) is 0 Å². The Morgan fingerprint density at radius 3 is 2.31 bits per heavy atom. The smallest absolute Gasteiger partial charge is 0.303 e. The van der Waals surface area contributed by atoms with Crippen LogP contribution in [-0.2, 0) is 19.1 Å². The van der Waals surface area contributed by atoms with Crippen molar-refractivity contribution in [1.82, 2.24) is 0 Å². The predicted octanol–water partition coefficient (Wildman–Crippen LogP) is 7.50. The first-order chi connectivity index (χ1) is 16.5. The zero-order chi connectivity index (χ0) is 25.5. The summed E-state index contributed by atoms with van der Waals surface area (Å²) >= 11 is 0. The molecule has 4 nitrogen and oxygen atoms in total. The van der Waals surface area contributed by atoms with Crippen molar-refractivity contribution in [3.63, 3.8) is 0 Å². The molecule has 3 fully saturated rings. The van der Waals surface area contributed by atoms with Crippen LogP contribution in [0.2, 0.25) is 0 Å². The molecule has 0 bridgehead atoms. The molecule has 0 aromatic carbocycles. The fraction of sp³-hybridized carbons (Fsp3) is 0.871. The highest BCUT2D eigenvalue weighted by atomic mass is 16.5. The van der Waals surface area contributed by atoms with Gasteiger partial charge < -0.3 is 9.47 Å². The van der Waals surface area contributed by atoms with Crippen LogP contribution in [0.1, 0.15) is 113 Å². The summed E-state index contributed by atoms with van der Waals surface area (Å²) in [4.78, 5) is 23.9. The Hall–Kier alpha value is -1.32. The molecule has 4 aliphatic rings. The average Bonchev–Trinajstić information content (AvgIpc) is 3.10. The van der Waals surface area contributed by atoms with E-state index in [1.807, 2.05) is 0 Å². The van der Waals surface area contributed by atoms with E-state index in [1.165, 1.54) is 57.4 Å². The van der Waals surface area contributed by atoms with E-state index in [0.29, 0.717) is 23.2 Å². The lowest BCUT2D eigenvalue weighted by molar-refractivity contribution is -0.159. The molecule has 4 heteroatoms. The molecule has 0 aromatic rings. The molecule has 198 valence electrons. The van der Waals surface area contributed by atoms with Gasteiger partial charge in [-0.05, 0) is 85.0 Å². The van der Waals surface area contributed by atoms with Gasteiger partial charge in [0, 0.05) is 26.2 Å². The van der Waals surface area contributed by atoms with E-state index in [9.17, 15) is 9.59 Å². The SMILES string of the molecule is CC(=O)O[C@@H]1CC[C@@]2(C)C(=C[C@H](OC(C)=O)[C@H]3[C@@H]4CC[C@H]([C@H](C)CCCC(C)C)[C@@]4(C)CC[C@@H]32)C1. The molecule has 0 unspecified atom stereocenters. The summed E-state index contributed by atoms with van der Waals surface area (Å²) < 4.78 is 11.7. The second-order valence-electron chi connectivity index (χ2n) is 13.5. The minimum atomic E-state index is -0.197. The summed E-state index contributed by atoms with van der Waals surface area (Å²) in [5.41, 5.74) is 1.83.